The van der Waals surface area contributed by atoms with Crippen molar-refractivity contribution in [2.75, 3.05) is 6.54 Å². The third-order valence-corrected chi connectivity index (χ3v) is 4.08. The van der Waals surface area contributed by atoms with Crippen molar-refractivity contribution < 1.29 is 4.79 Å². The van der Waals surface area contributed by atoms with Crippen molar-refractivity contribution in [1.29, 1.82) is 0 Å². The van der Waals surface area contributed by atoms with Crippen LogP contribution in [-0.4, -0.2) is 27.0 Å². The fourth-order valence-electron chi connectivity index (χ4n) is 2.17. The normalized spacial score (nSPS) is 10.5. The number of nitrogens with one attached hydrogen (secondary N) is 1. The van der Waals surface area contributed by atoms with E-state index in [0.717, 1.165) is 16.4 Å². The number of imidazole rings is 1. The molecule has 3 aromatic rings. The van der Waals surface area contributed by atoms with Crippen LogP contribution in [0.4, 0.5) is 0 Å². The maximum atomic E-state index is 11.9. The standard InChI is InChI=1S/C16H16N4OS/c21-15(12-13-4-3-11-22-13)18-7-9-20-10-8-19-16(20)14-5-1-2-6-17-14/h1-6,8,10-11H,7,9,12H2,(H,18,21). The summed E-state index contributed by atoms with van der Waals surface area (Å²) in [4.78, 5) is 21.6. The molecule has 1 amide bonds. The molecule has 0 aliphatic heterocycles. The fraction of sp³-hybridized carbons (Fsp3) is 0.188. The summed E-state index contributed by atoms with van der Waals surface area (Å²) in [6, 6.07) is 9.66. The van der Waals surface area contributed by atoms with Crippen molar-refractivity contribution in [2.24, 2.45) is 0 Å². The molecule has 3 heterocycles. The lowest BCUT2D eigenvalue weighted by Crippen LogP contribution is -2.28. The summed E-state index contributed by atoms with van der Waals surface area (Å²) in [5.41, 5.74) is 0.831. The maximum absolute atomic E-state index is 11.9. The highest BCUT2D eigenvalue weighted by Gasteiger charge is 2.07. The lowest BCUT2D eigenvalue weighted by Gasteiger charge is -2.08. The number of amides is 1. The van der Waals surface area contributed by atoms with E-state index in [9.17, 15) is 4.79 Å². The van der Waals surface area contributed by atoms with Gasteiger partial charge in [-0.05, 0) is 23.6 Å². The Morgan fingerprint density at radius 1 is 1.18 bits per heavy atom. The molecule has 0 atom stereocenters. The van der Waals surface area contributed by atoms with Crippen LogP contribution in [0.25, 0.3) is 11.5 Å². The van der Waals surface area contributed by atoms with Gasteiger partial charge < -0.3 is 9.88 Å². The molecule has 0 saturated carbocycles. The van der Waals surface area contributed by atoms with Crippen LogP contribution < -0.4 is 5.32 Å². The third kappa shape index (κ3) is 3.59. The van der Waals surface area contributed by atoms with E-state index in [2.05, 4.69) is 15.3 Å². The highest BCUT2D eigenvalue weighted by molar-refractivity contribution is 7.10. The molecule has 22 heavy (non-hydrogen) atoms. The zero-order valence-electron chi connectivity index (χ0n) is 12.0. The monoisotopic (exact) mass is 312 g/mol. The number of carbonyl (C=O) groups excluding carboxylic acids is 1. The summed E-state index contributed by atoms with van der Waals surface area (Å²) in [5, 5.41) is 4.92. The molecule has 0 bridgehead atoms. The van der Waals surface area contributed by atoms with Gasteiger partial charge in [0.2, 0.25) is 5.91 Å². The summed E-state index contributed by atoms with van der Waals surface area (Å²) in [6.07, 6.45) is 5.83. The van der Waals surface area contributed by atoms with E-state index >= 15 is 0 Å². The van der Waals surface area contributed by atoms with Gasteiger partial charge in [0.15, 0.2) is 5.82 Å². The molecule has 1 N–H and O–H groups in total. The number of hydrogen-bond acceptors (Lipinski definition) is 4. The first-order valence-electron chi connectivity index (χ1n) is 7.04. The van der Waals surface area contributed by atoms with Crippen molar-refractivity contribution >= 4 is 17.2 Å². The van der Waals surface area contributed by atoms with Gasteiger partial charge in [-0.1, -0.05) is 12.1 Å². The average molecular weight is 312 g/mol. The van der Waals surface area contributed by atoms with Crippen LogP contribution in [0, 0.1) is 0 Å². The summed E-state index contributed by atoms with van der Waals surface area (Å²) in [5.74, 6) is 0.857. The number of rotatable bonds is 6. The van der Waals surface area contributed by atoms with Crippen LogP contribution in [0.2, 0.25) is 0 Å². The van der Waals surface area contributed by atoms with Crippen molar-refractivity contribution in [2.45, 2.75) is 13.0 Å². The second-order valence-electron chi connectivity index (χ2n) is 4.77. The second kappa shape index (κ2) is 7.00. The minimum absolute atomic E-state index is 0.0435. The Labute approximate surface area is 132 Å². The topological polar surface area (TPSA) is 59.8 Å². The number of nitrogens with zero attached hydrogens (tertiary/aromatic N) is 3. The molecule has 6 heteroatoms. The van der Waals surface area contributed by atoms with Gasteiger partial charge in [-0.15, -0.1) is 11.3 Å². The van der Waals surface area contributed by atoms with E-state index in [0.29, 0.717) is 19.5 Å². The zero-order chi connectivity index (χ0) is 15.2. The molecule has 0 aliphatic carbocycles. The summed E-state index contributed by atoms with van der Waals surface area (Å²) >= 11 is 1.60. The minimum Gasteiger partial charge on any atom is -0.354 e. The third-order valence-electron chi connectivity index (χ3n) is 3.20. The molecule has 0 fully saturated rings. The van der Waals surface area contributed by atoms with Gasteiger partial charge in [0.25, 0.3) is 0 Å². The first-order valence-corrected chi connectivity index (χ1v) is 7.92. The van der Waals surface area contributed by atoms with Crippen molar-refractivity contribution in [1.82, 2.24) is 19.9 Å². The zero-order valence-corrected chi connectivity index (χ0v) is 12.8. The Kier molecular flexibility index (Phi) is 4.60. The molecule has 0 unspecified atom stereocenters. The molecule has 0 spiro atoms. The molecular weight excluding hydrogens is 296 g/mol. The second-order valence-corrected chi connectivity index (χ2v) is 5.80. The van der Waals surface area contributed by atoms with Crippen LogP contribution in [-0.2, 0) is 17.8 Å². The van der Waals surface area contributed by atoms with E-state index in [1.54, 1.807) is 23.7 Å². The Balaban J connectivity index is 1.54. The van der Waals surface area contributed by atoms with E-state index < -0.39 is 0 Å². The van der Waals surface area contributed by atoms with E-state index in [-0.39, 0.29) is 5.91 Å². The van der Waals surface area contributed by atoms with Crippen LogP contribution >= 0.6 is 11.3 Å². The van der Waals surface area contributed by atoms with Gasteiger partial charge in [-0.25, -0.2) is 4.98 Å². The average Bonchev–Trinajstić information content (AvgIpc) is 3.20. The molecule has 0 radical (unpaired) electrons. The van der Waals surface area contributed by atoms with Gasteiger partial charge in [-0.3, -0.25) is 9.78 Å². The largest absolute Gasteiger partial charge is 0.354 e. The Hall–Kier alpha value is -2.47. The van der Waals surface area contributed by atoms with E-state index in [1.165, 1.54) is 0 Å². The van der Waals surface area contributed by atoms with Gasteiger partial charge in [0.05, 0.1) is 6.42 Å². The highest BCUT2D eigenvalue weighted by atomic mass is 32.1. The van der Waals surface area contributed by atoms with Gasteiger partial charge >= 0.3 is 0 Å². The lowest BCUT2D eigenvalue weighted by molar-refractivity contribution is -0.120. The number of hydrogen-bond donors (Lipinski definition) is 1. The molecule has 3 rings (SSSR count). The summed E-state index contributed by atoms with van der Waals surface area (Å²) in [6.45, 7) is 1.24. The van der Waals surface area contributed by atoms with Gasteiger partial charge in [-0.2, -0.15) is 0 Å². The smallest absolute Gasteiger partial charge is 0.225 e. The molecule has 0 aliphatic rings. The predicted octanol–water partition coefficient (Wildman–Crippen LogP) is 2.37. The summed E-state index contributed by atoms with van der Waals surface area (Å²) in [7, 11) is 0. The van der Waals surface area contributed by atoms with Crippen molar-refractivity contribution in [3.05, 3.63) is 59.2 Å². The SMILES string of the molecule is O=C(Cc1cccs1)NCCn1ccnc1-c1ccccn1. The molecule has 112 valence electrons. The van der Waals surface area contributed by atoms with Crippen LogP contribution in [0.3, 0.4) is 0 Å². The Morgan fingerprint density at radius 3 is 2.91 bits per heavy atom. The predicted molar refractivity (Wildman–Crippen MR) is 86.5 cm³/mol. The molecule has 0 saturated heterocycles. The highest BCUT2D eigenvalue weighted by Crippen LogP contribution is 2.13. The minimum atomic E-state index is 0.0435. The number of pyridine rings is 1. The Morgan fingerprint density at radius 2 is 2.14 bits per heavy atom. The molecule has 3 aromatic heterocycles. The molecular formula is C16H16N4OS. The number of carbonyl (C=O) groups is 1. The number of thiophene rings is 1. The quantitative estimate of drug-likeness (QED) is 0.760. The summed E-state index contributed by atoms with van der Waals surface area (Å²) < 4.78 is 1.99. The van der Waals surface area contributed by atoms with E-state index in [1.807, 2.05) is 46.5 Å². The van der Waals surface area contributed by atoms with Gasteiger partial charge in [0.1, 0.15) is 5.69 Å². The maximum Gasteiger partial charge on any atom is 0.225 e. The van der Waals surface area contributed by atoms with Crippen LogP contribution in [0.1, 0.15) is 4.88 Å². The Bertz CT molecular complexity index is 722. The van der Waals surface area contributed by atoms with Crippen molar-refractivity contribution in [3.63, 3.8) is 0 Å². The first-order chi connectivity index (χ1) is 10.8. The van der Waals surface area contributed by atoms with Gasteiger partial charge in [0, 0.05) is 36.6 Å². The molecule has 0 aromatic carbocycles. The van der Waals surface area contributed by atoms with Crippen molar-refractivity contribution in [3.8, 4) is 11.5 Å². The molecule has 5 nitrogen and oxygen atoms in total. The fourth-order valence-corrected chi connectivity index (χ4v) is 2.87. The lowest BCUT2D eigenvalue weighted by atomic mass is 10.3. The van der Waals surface area contributed by atoms with Crippen LogP contribution in [0.15, 0.2) is 54.3 Å². The number of aromatic nitrogens is 3. The first kappa shape index (κ1) is 14.5. The van der Waals surface area contributed by atoms with Crippen LogP contribution in [0.5, 0.6) is 0 Å². The van der Waals surface area contributed by atoms with E-state index in [4.69, 9.17) is 0 Å².